The minimum atomic E-state index is -4.45. The molecule has 0 saturated carbocycles. The van der Waals surface area contributed by atoms with Gasteiger partial charge in [0.1, 0.15) is 11.6 Å². The van der Waals surface area contributed by atoms with Crippen LogP contribution in [0.2, 0.25) is 5.02 Å². The molecular weight excluding hydrogens is 562 g/mol. The Labute approximate surface area is 238 Å². The highest BCUT2D eigenvalue weighted by Gasteiger charge is 2.30. The third-order valence-electron chi connectivity index (χ3n) is 6.11. The number of halogens is 5. The first-order valence-electron chi connectivity index (χ1n) is 12.3. The van der Waals surface area contributed by atoms with E-state index in [1.54, 1.807) is 42.5 Å². The van der Waals surface area contributed by atoms with Crippen molar-refractivity contribution in [2.75, 3.05) is 19.1 Å². The highest BCUT2D eigenvalue weighted by atomic mass is 35.5. The smallest absolute Gasteiger partial charge is 0.416 e. The molecule has 0 radical (unpaired) electrons. The van der Waals surface area contributed by atoms with E-state index in [4.69, 9.17) is 16.3 Å². The van der Waals surface area contributed by atoms with Crippen LogP contribution in [0.15, 0.2) is 84.9 Å². The van der Waals surface area contributed by atoms with Crippen molar-refractivity contribution in [3.8, 4) is 28.0 Å². The molecule has 0 aliphatic rings. The minimum Gasteiger partial charge on any atom is -0.496 e. The van der Waals surface area contributed by atoms with Gasteiger partial charge in [-0.15, -0.1) is 0 Å². The quantitative estimate of drug-likeness (QED) is 0.145. The van der Waals surface area contributed by atoms with Crippen molar-refractivity contribution >= 4 is 29.1 Å². The summed E-state index contributed by atoms with van der Waals surface area (Å²) in [6.45, 7) is 0.0181. The van der Waals surface area contributed by atoms with Crippen molar-refractivity contribution in [1.82, 2.24) is 10.7 Å². The first-order chi connectivity index (χ1) is 19.5. The lowest BCUT2D eigenvalue weighted by atomic mass is 10.0. The number of alkyl halides is 3. The third-order valence-corrected chi connectivity index (χ3v) is 6.40. The van der Waals surface area contributed by atoms with Gasteiger partial charge in [0.2, 0.25) is 5.91 Å². The molecule has 2 amide bonds. The van der Waals surface area contributed by atoms with Gasteiger partial charge in [-0.25, -0.2) is 4.39 Å². The number of carbonyl (C=O) groups is 2. The van der Waals surface area contributed by atoms with Crippen molar-refractivity contribution in [2.45, 2.75) is 12.6 Å². The van der Waals surface area contributed by atoms with Gasteiger partial charge in [-0.05, 0) is 70.8 Å². The second-order valence-corrected chi connectivity index (χ2v) is 9.28. The van der Waals surface area contributed by atoms with Crippen LogP contribution in [0, 0.1) is 5.82 Å². The normalized spacial score (nSPS) is 11.1. The van der Waals surface area contributed by atoms with Crippen LogP contribution in [0.3, 0.4) is 0 Å². The van der Waals surface area contributed by atoms with E-state index in [-0.39, 0.29) is 35.2 Å². The standard InChI is InChI=1S/C30H24ClF4N3O3/c1-41-27-13-7-20(18-2-8-22(9-3-18)30(33,34)35)16-24(27)29(40)36-15-14-28(39)38-37-23-10-4-19(5-11-23)21-6-12-26(32)25(31)17-21/h2-13,16-17,37H,14-15H2,1H3,(H,36,40)(H,38,39). The summed E-state index contributed by atoms with van der Waals surface area (Å²) in [7, 11) is 1.39. The lowest BCUT2D eigenvalue weighted by Gasteiger charge is -2.13. The maximum absolute atomic E-state index is 13.4. The van der Waals surface area contributed by atoms with Gasteiger partial charge in [-0.1, -0.05) is 48.0 Å². The first kappa shape index (κ1) is 29.4. The molecule has 4 aromatic rings. The monoisotopic (exact) mass is 585 g/mol. The Morgan fingerprint density at radius 1 is 0.829 bits per heavy atom. The molecule has 0 aliphatic carbocycles. The lowest BCUT2D eigenvalue weighted by molar-refractivity contribution is -0.137. The summed E-state index contributed by atoms with van der Waals surface area (Å²) in [5, 5.41) is 2.67. The average molecular weight is 586 g/mol. The van der Waals surface area contributed by atoms with Crippen molar-refractivity contribution in [2.24, 2.45) is 0 Å². The zero-order valence-electron chi connectivity index (χ0n) is 21.6. The molecule has 0 spiro atoms. The van der Waals surface area contributed by atoms with Gasteiger partial charge in [0.05, 0.1) is 28.9 Å². The Hall–Kier alpha value is -4.57. The average Bonchev–Trinajstić information content (AvgIpc) is 2.97. The summed E-state index contributed by atoms with van der Waals surface area (Å²) in [6.07, 6.45) is -4.48. The van der Waals surface area contributed by atoms with Crippen molar-refractivity contribution < 1.29 is 31.9 Å². The Kier molecular flexibility index (Phi) is 9.14. The molecule has 11 heteroatoms. The molecule has 0 heterocycles. The number of carbonyl (C=O) groups excluding carboxylic acids is 2. The summed E-state index contributed by atoms with van der Waals surface area (Å²) >= 11 is 5.84. The summed E-state index contributed by atoms with van der Waals surface area (Å²) in [5.41, 5.74) is 7.90. The molecule has 0 bridgehead atoms. The van der Waals surface area contributed by atoms with E-state index in [9.17, 15) is 27.2 Å². The van der Waals surface area contributed by atoms with Crippen LogP contribution in [-0.2, 0) is 11.0 Å². The molecular formula is C30H24ClF4N3O3. The van der Waals surface area contributed by atoms with E-state index in [0.717, 1.165) is 23.3 Å². The summed E-state index contributed by atoms with van der Waals surface area (Å²) in [6, 6.07) is 20.7. The van der Waals surface area contributed by atoms with Gasteiger partial charge in [0.15, 0.2) is 0 Å². The molecule has 4 rings (SSSR count). The Bertz CT molecular complexity index is 1540. The predicted molar refractivity (Wildman–Crippen MR) is 149 cm³/mol. The van der Waals surface area contributed by atoms with Gasteiger partial charge >= 0.3 is 6.18 Å². The van der Waals surface area contributed by atoms with Gasteiger partial charge in [-0.2, -0.15) is 13.2 Å². The number of methoxy groups -OCH3 is 1. The zero-order valence-corrected chi connectivity index (χ0v) is 22.4. The molecule has 0 unspecified atom stereocenters. The second-order valence-electron chi connectivity index (χ2n) is 8.88. The topological polar surface area (TPSA) is 79.5 Å². The molecule has 4 aromatic carbocycles. The molecule has 41 heavy (non-hydrogen) atoms. The van der Waals surface area contributed by atoms with Gasteiger partial charge in [0.25, 0.3) is 5.91 Å². The lowest BCUT2D eigenvalue weighted by Crippen LogP contribution is -2.33. The molecule has 0 saturated heterocycles. The van der Waals surface area contributed by atoms with E-state index in [2.05, 4.69) is 16.2 Å². The molecule has 6 nitrogen and oxygen atoms in total. The number of rotatable bonds is 9. The van der Waals surface area contributed by atoms with Crippen LogP contribution >= 0.6 is 11.6 Å². The van der Waals surface area contributed by atoms with Crippen LogP contribution in [0.5, 0.6) is 5.75 Å². The summed E-state index contributed by atoms with van der Waals surface area (Å²) in [5.74, 6) is -1.12. The molecule has 0 atom stereocenters. The van der Waals surface area contributed by atoms with E-state index in [0.29, 0.717) is 16.8 Å². The number of hydrogen-bond donors (Lipinski definition) is 3. The molecule has 0 fully saturated rings. The van der Waals surface area contributed by atoms with Crippen LogP contribution in [0.25, 0.3) is 22.3 Å². The molecule has 0 aliphatic heterocycles. The number of hydrazine groups is 1. The number of benzene rings is 4. The third kappa shape index (κ3) is 7.55. The maximum Gasteiger partial charge on any atom is 0.416 e. The van der Waals surface area contributed by atoms with E-state index < -0.39 is 23.5 Å². The van der Waals surface area contributed by atoms with Crippen LogP contribution in [0.1, 0.15) is 22.3 Å². The fourth-order valence-corrected chi connectivity index (χ4v) is 4.11. The highest BCUT2D eigenvalue weighted by molar-refractivity contribution is 6.31. The molecule has 0 aromatic heterocycles. The minimum absolute atomic E-state index is 0.0181. The number of anilines is 1. The second kappa shape index (κ2) is 12.7. The molecule has 212 valence electrons. The Morgan fingerprint density at radius 3 is 2.02 bits per heavy atom. The van der Waals surface area contributed by atoms with E-state index in [1.165, 1.54) is 37.4 Å². The summed E-state index contributed by atoms with van der Waals surface area (Å²) in [4.78, 5) is 25.1. The number of hydrogen-bond acceptors (Lipinski definition) is 4. The predicted octanol–water partition coefficient (Wildman–Crippen LogP) is 7.10. The number of nitrogens with one attached hydrogen (secondary N) is 3. The van der Waals surface area contributed by atoms with Gasteiger partial charge in [0, 0.05) is 13.0 Å². The van der Waals surface area contributed by atoms with Gasteiger partial charge in [-0.3, -0.25) is 20.4 Å². The molecule has 3 N–H and O–H groups in total. The SMILES string of the molecule is COc1ccc(-c2ccc(C(F)(F)F)cc2)cc1C(=O)NCCC(=O)NNc1ccc(-c2ccc(F)c(Cl)c2)cc1. The maximum atomic E-state index is 13.4. The number of amides is 2. The van der Waals surface area contributed by atoms with Gasteiger partial charge < -0.3 is 10.1 Å². The summed E-state index contributed by atoms with van der Waals surface area (Å²) < 4.78 is 57.3. The van der Waals surface area contributed by atoms with Crippen molar-refractivity contribution in [1.29, 1.82) is 0 Å². The highest BCUT2D eigenvalue weighted by Crippen LogP contribution is 2.32. The Balaban J connectivity index is 1.30. The Morgan fingerprint density at radius 2 is 1.41 bits per heavy atom. The number of ether oxygens (including phenoxy) is 1. The van der Waals surface area contributed by atoms with Crippen LogP contribution in [-0.4, -0.2) is 25.5 Å². The van der Waals surface area contributed by atoms with Crippen molar-refractivity contribution in [3.05, 3.63) is 107 Å². The fraction of sp³-hybridized carbons (Fsp3) is 0.133. The zero-order chi connectivity index (χ0) is 29.6. The van der Waals surface area contributed by atoms with E-state index >= 15 is 0 Å². The largest absolute Gasteiger partial charge is 0.496 e. The van der Waals surface area contributed by atoms with Crippen LogP contribution < -0.4 is 20.9 Å². The van der Waals surface area contributed by atoms with Crippen molar-refractivity contribution in [3.63, 3.8) is 0 Å². The van der Waals surface area contributed by atoms with Crippen LogP contribution in [0.4, 0.5) is 23.2 Å². The van der Waals surface area contributed by atoms with E-state index in [1.807, 2.05) is 0 Å². The first-order valence-corrected chi connectivity index (χ1v) is 12.7. The fourth-order valence-electron chi connectivity index (χ4n) is 3.93.